The van der Waals surface area contributed by atoms with Gasteiger partial charge < -0.3 is 19.5 Å². The summed E-state index contributed by atoms with van der Waals surface area (Å²) < 4.78 is 20.2. The van der Waals surface area contributed by atoms with Gasteiger partial charge in [-0.3, -0.25) is 9.78 Å². The topological polar surface area (TPSA) is 76.5 Å². The molecule has 1 aromatic carbocycles. The van der Waals surface area contributed by atoms with Crippen molar-refractivity contribution in [1.29, 1.82) is 0 Å². The molecule has 1 fully saturated rings. The van der Waals surface area contributed by atoms with Gasteiger partial charge in [-0.25, -0.2) is 9.18 Å². The van der Waals surface area contributed by atoms with Crippen LogP contribution in [-0.2, 0) is 16.6 Å². The van der Waals surface area contributed by atoms with E-state index in [1.54, 1.807) is 36.1 Å². The fourth-order valence-electron chi connectivity index (χ4n) is 4.06. The van der Waals surface area contributed by atoms with Crippen LogP contribution >= 0.6 is 0 Å². The molecule has 1 saturated heterocycles. The van der Waals surface area contributed by atoms with Gasteiger partial charge >= 0.3 is 5.97 Å². The second kappa shape index (κ2) is 8.69. The van der Waals surface area contributed by atoms with Gasteiger partial charge in [0.05, 0.1) is 7.11 Å². The van der Waals surface area contributed by atoms with Gasteiger partial charge in [0.1, 0.15) is 17.3 Å². The van der Waals surface area contributed by atoms with Crippen molar-refractivity contribution < 1.29 is 18.7 Å². The number of ketones is 1. The Labute approximate surface area is 179 Å². The fraction of sp³-hybridized carbons (Fsp3) is 0.261. The second-order valence-electron chi connectivity index (χ2n) is 7.28. The number of hydrogen-bond donors (Lipinski definition) is 1. The van der Waals surface area contributed by atoms with E-state index in [1.165, 1.54) is 19.2 Å². The number of pyridine rings is 1. The van der Waals surface area contributed by atoms with Crippen LogP contribution in [0.2, 0.25) is 0 Å². The molecule has 31 heavy (non-hydrogen) atoms. The van der Waals surface area contributed by atoms with E-state index >= 15 is 0 Å². The average Bonchev–Trinajstić information content (AvgIpc) is 3.12. The third-order valence-corrected chi connectivity index (χ3v) is 5.47. The quantitative estimate of drug-likeness (QED) is 0.387. The Morgan fingerprint density at radius 3 is 2.23 bits per heavy atom. The number of hydrogen-bond acceptors (Lipinski definition) is 6. The number of methoxy groups -OCH3 is 1. The molecule has 0 atom stereocenters. The van der Waals surface area contributed by atoms with E-state index in [0.29, 0.717) is 11.1 Å². The number of ether oxygens (including phenoxy) is 1. The summed E-state index contributed by atoms with van der Waals surface area (Å²) in [4.78, 5) is 31.7. The van der Waals surface area contributed by atoms with Crippen molar-refractivity contribution in [2.45, 2.75) is 0 Å². The number of nitrogens with zero attached hydrogens (tertiary/aromatic N) is 3. The second-order valence-corrected chi connectivity index (χ2v) is 7.28. The number of rotatable bonds is 5. The summed E-state index contributed by atoms with van der Waals surface area (Å²) >= 11 is 0. The van der Waals surface area contributed by atoms with E-state index in [1.807, 2.05) is 12.1 Å². The molecular formula is C23H23FN4O3. The molecule has 0 radical (unpaired) electrons. The van der Waals surface area contributed by atoms with Gasteiger partial charge in [0, 0.05) is 56.7 Å². The number of carbonyl (C=O) groups is 2. The largest absolute Gasteiger partial charge is 0.463 e. The standard InChI is InChI=1S/C23H23FN4O3/c1-27-20(21(29)23(30)31-2)18(15-3-5-17(24)6-4-15)19(16-7-9-25-10-8-16)22(27)28-13-11-26-12-14-28/h3-10,26H,11-14H2,1-2H3. The molecule has 0 aliphatic carbocycles. The lowest BCUT2D eigenvalue weighted by Crippen LogP contribution is -2.44. The molecule has 2 aromatic heterocycles. The first-order valence-corrected chi connectivity index (χ1v) is 10.00. The Kier molecular flexibility index (Phi) is 5.81. The van der Waals surface area contributed by atoms with Crippen molar-refractivity contribution in [3.63, 3.8) is 0 Å². The van der Waals surface area contributed by atoms with E-state index in [-0.39, 0.29) is 11.5 Å². The molecular weight excluding hydrogens is 399 g/mol. The molecule has 4 rings (SSSR count). The molecule has 1 aliphatic rings. The van der Waals surface area contributed by atoms with Crippen LogP contribution in [-0.4, -0.2) is 54.6 Å². The first-order chi connectivity index (χ1) is 15.0. The lowest BCUT2D eigenvalue weighted by atomic mass is 9.95. The van der Waals surface area contributed by atoms with E-state index < -0.39 is 11.8 Å². The monoisotopic (exact) mass is 422 g/mol. The number of halogens is 1. The van der Waals surface area contributed by atoms with Crippen molar-refractivity contribution in [1.82, 2.24) is 14.9 Å². The fourth-order valence-corrected chi connectivity index (χ4v) is 4.06. The highest BCUT2D eigenvalue weighted by molar-refractivity contribution is 6.42. The molecule has 7 nitrogen and oxygen atoms in total. The molecule has 1 N–H and O–H groups in total. The van der Waals surface area contributed by atoms with E-state index in [9.17, 15) is 14.0 Å². The molecule has 3 aromatic rings. The minimum atomic E-state index is -0.947. The summed E-state index contributed by atoms with van der Waals surface area (Å²) in [7, 11) is 2.95. The van der Waals surface area contributed by atoms with Crippen LogP contribution in [0.4, 0.5) is 10.2 Å². The predicted octanol–water partition coefficient (Wildman–Crippen LogP) is 2.66. The van der Waals surface area contributed by atoms with E-state index in [4.69, 9.17) is 4.74 Å². The number of anilines is 1. The summed E-state index contributed by atoms with van der Waals surface area (Å²) in [5.41, 5.74) is 3.06. The zero-order valence-corrected chi connectivity index (χ0v) is 17.4. The number of nitrogens with one attached hydrogen (secondary N) is 1. The highest BCUT2D eigenvalue weighted by atomic mass is 19.1. The molecule has 8 heteroatoms. The van der Waals surface area contributed by atoms with Gasteiger partial charge in [-0.05, 0) is 35.4 Å². The van der Waals surface area contributed by atoms with Crippen molar-refractivity contribution in [2.75, 3.05) is 38.2 Å². The van der Waals surface area contributed by atoms with Crippen LogP contribution in [0, 0.1) is 5.82 Å². The van der Waals surface area contributed by atoms with E-state index in [0.717, 1.165) is 43.1 Å². The van der Waals surface area contributed by atoms with Crippen LogP contribution in [0.5, 0.6) is 0 Å². The third kappa shape index (κ3) is 3.82. The smallest absolute Gasteiger partial charge is 0.381 e. The Bertz CT molecular complexity index is 1100. The summed E-state index contributed by atoms with van der Waals surface area (Å²) in [6.45, 7) is 3.08. The minimum absolute atomic E-state index is 0.207. The van der Waals surface area contributed by atoms with Crippen molar-refractivity contribution in [2.24, 2.45) is 7.05 Å². The van der Waals surface area contributed by atoms with Gasteiger partial charge in [-0.15, -0.1) is 0 Å². The number of aromatic nitrogens is 2. The lowest BCUT2D eigenvalue weighted by Gasteiger charge is -2.31. The van der Waals surface area contributed by atoms with Crippen molar-refractivity contribution >= 4 is 17.6 Å². The lowest BCUT2D eigenvalue weighted by molar-refractivity contribution is -0.135. The molecule has 0 amide bonds. The van der Waals surface area contributed by atoms with Gasteiger partial charge in [0.25, 0.3) is 5.78 Å². The number of benzene rings is 1. The maximum Gasteiger partial charge on any atom is 0.381 e. The van der Waals surface area contributed by atoms with Crippen molar-refractivity contribution in [3.05, 3.63) is 60.3 Å². The van der Waals surface area contributed by atoms with Gasteiger partial charge in [-0.2, -0.15) is 0 Å². The molecule has 0 spiro atoms. The zero-order valence-electron chi connectivity index (χ0n) is 17.4. The van der Waals surface area contributed by atoms with Crippen LogP contribution in [0.3, 0.4) is 0 Å². The van der Waals surface area contributed by atoms with Crippen LogP contribution in [0.1, 0.15) is 10.5 Å². The third-order valence-electron chi connectivity index (χ3n) is 5.47. The average molecular weight is 422 g/mol. The summed E-state index contributed by atoms with van der Waals surface area (Å²) in [6.07, 6.45) is 3.36. The summed E-state index contributed by atoms with van der Waals surface area (Å²) in [5, 5.41) is 3.33. The minimum Gasteiger partial charge on any atom is -0.463 e. The van der Waals surface area contributed by atoms with Crippen molar-refractivity contribution in [3.8, 4) is 22.3 Å². The van der Waals surface area contributed by atoms with Gasteiger partial charge in [0.2, 0.25) is 0 Å². The first-order valence-electron chi connectivity index (χ1n) is 10.00. The number of esters is 1. The normalized spacial score (nSPS) is 13.8. The molecule has 0 bridgehead atoms. The molecule has 1 aliphatic heterocycles. The number of piperazine rings is 1. The Balaban J connectivity index is 2.07. The summed E-state index contributed by atoms with van der Waals surface area (Å²) in [6, 6.07) is 9.64. The predicted molar refractivity (Wildman–Crippen MR) is 115 cm³/mol. The maximum absolute atomic E-state index is 13.7. The molecule has 160 valence electrons. The van der Waals surface area contributed by atoms with Crippen LogP contribution < -0.4 is 10.2 Å². The molecule has 0 unspecified atom stereocenters. The van der Waals surface area contributed by atoms with Crippen LogP contribution in [0.25, 0.3) is 22.3 Å². The maximum atomic E-state index is 13.7. The Hall–Kier alpha value is -3.52. The Morgan fingerprint density at radius 2 is 1.61 bits per heavy atom. The highest BCUT2D eigenvalue weighted by Crippen LogP contribution is 2.44. The van der Waals surface area contributed by atoms with Gasteiger partial charge in [0.15, 0.2) is 0 Å². The first kappa shape index (κ1) is 20.7. The highest BCUT2D eigenvalue weighted by Gasteiger charge is 2.33. The molecule has 0 saturated carbocycles. The Morgan fingerprint density at radius 1 is 1.00 bits per heavy atom. The van der Waals surface area contributed by atoms with Gasteiger partial charge in [-0.1, -0.05) is 12.1 Å². The number of Topliss-reactive ketones (excluding diaryl/α,β-unsaturated/α-hetero) is 1. The molecule has 3 heterocycles. The SMILES string of the molecule is COC(=O)C(=O)c1c(-c2ccc(F)cc2)c(-c2ccncc2)c(N2CCNCC2)n1C. The van der Waals surface area contributed by atoms with Crippen LogP contribution in [0.15, 0.2) is 48.8 Å². The number of carbonyl (C=O) groups excluding carboxylic acids is 2. The zero-order chi connectivity index (χ0) is 22.0. The summed E-state index contributed by atoms with van der Waals surface area (Å²) in [5.74, 6) is -1.26. The van der Waals surface area contributed by atoms with E-state index in [2.05, 4.69) is 15.2 Å².